The fourth-order valence-electron chi connectivity index (χ4n) is 2.69. The second kappa shape index (κ2) is 5.75. The molecule has 1 N–H and O–H groups in total. The Labute approximate surface area is 121 Å². The Morgan fingerprint density at radius 2 is 1.94 bits per heavy atom. The standard InChI is InChI=1S/C14H19Br2N/c1-9-3-5-13(10(2)7-9)17-14-6-4-11(15)8-12(14)16/h4,6,8-10,13,17H,3,5,7H2,1-2H3. The molecule has 1 aromatic carbocycles. The molecular weight excluding hydrogens is 342 g/mol. The van der Waals surface area contributed by atoms with Gasteiger partial charge in [0.05, 0.1) is 0 Å². The van der Waals surface area contributed by atoms with Gasteiger partial charge in [-0.3, -0.25) is 0 Å². The Morgan fingerprint density at radius 1 is 1.18 bits per heavy atom. The molecule has 0 aromatic heterocycles. The third kappa shape index (κ3) is 3.47. The van der Waals surface area contributed by atoms with Gasteiger partial charge in [0.25, 0.3) is 0 Å². The van der Waals surface area contributed by atoms with Gasteiger partial charge in [-0.15, -0.1) is 0 Å². The molecule has 1 fully saturated rings. The molecule has 1 aromatic rings. The highest BCUT2D eigenvalue weighted by Crippen LogP contribution is 2.33. The van der Waals surface area contributed by atoms with E-state index in [0.717, 1.165) is 20.8 Å². The van der Waals surface area contributed by atoms with Gasteiger partial charge in [-0.05, 0) is 65.2 Å². The van der Waals surface area contributed by atoms with Crippen molar-refractivity contribution in [2.75, 3.05) is 5.32 Å². The summed E-state index contributed by atoms with van der Waals surface area (Å²) in [6.45, 7) is 4.72. The van der Waals surface area contributed by atoms with Gasteiger partial charge in [0.1, 0.15) is 0 Å². The number of anilines is 1. The fourth-order valence-corrected chi connectivity index (χ4v) is 3.85. The third-order valence-electron chi connectivity index (χ3n) is 3.70. The molecule has 0 heterocycles. The minimum atomic E-state index is 0.615. The molecule has 3 atom stereocenters. The minimum absolute atomic E-state index is 0.615. The van der Waals surface area contributed by atoms with Crippen molar-refractivity contribution in [3.63, 3.8) is 0 Å². The SMILES string of the molecule is CC1CCC(Nc2ccc(Br)cc2Br)C(C)C1. The molecule has 0 spiro atoms. The Balaban J connectivity index is 2.05. The maximum Gasteiger partial charge on any atom is 0.0487 e. The lowest BCUT2D eigenvalue weighted by molar-refractivity contribution is 0.276. The van der Waals surface area contributed by atoms with Crippen LogP contribution in [-0.2, 0) is 0 Å². The Bertz CT molecular complexity index is 392. The highest BCUT2D eigenvalue weighted by atomic mass is 79.9. The average Bonchev–Trinajstić information content (AvgIpc) is 2.25. The van der Waals surface area contributed by atoms with Gasteiger partial charge in [-0.2, -0.15) is 0 Å². The van der Waals surface area contributed by atoms with Crippen molar-refractivity contribution < 1.29 is 0 Å². The van der Waals surface area contributed by atoms with Gasteiger partial charge in [0, 0.05) is 20.7 Å². The summed E-state index contributed by atoms with van der Waals surface area (Å²) < 4.78 is 2.25. The lowest BCUT2D eigenvalue weighted by Gasteiger charge is -2.34. The summed E-state index contributed by atoms with van der Waals surface area (Å²) in [5.41, 5.74) is 1.21. The third-order valence-corrected chi connectivity index (χ3v) is 4.85. The van der Waals surface area contributed by atoms with E-state index in [4.69, 9.17) is 0 Å². The van der Waals surface area contributed by atoms with Crippen molar-refractivity contribution in [3.8, 4) is 0 Å². The Morgan fingerprint density at radius 3 is 2.59 bits per heavy atom. The summed E-state index contributed by atoms with van der Waals surface area (Å²) in [6.07, 6.45) is 3.97. The lowest BCUT2D eigenvalue weighted by atomic mass is 9.80. The van der Waals surface area contributed by atoms with E-state index in [0.29, 0.717) is 6.04 Å². The highest BCUT2D eigenvalue weighted by Gasteiger charge is 2.25. The quantitative estimate of drug-likeness (QED) is 0.739. The first-order valence-electron chi connectivity index (χ1n) is 6.28. The van der Waals surface area contributed by atoms with Crippen LogP contribution >= 0.6 is 31.9 Å². The van der Waals surface area contributed by atoms with Gasteiger partial charge in [-0.1, -0.05) is 29.8 Å². The first kappa shape index (κ1) is 13.4. The average molecular weight is 361 g/mol. The van der Waals surface area contributed by atoms with E-state index >= 15 is 0 Å². The zero-order chi connectivity index (χ0) is 12.4. The van der Waals surface area contributed by atoms with Crippen molar-refractivity contribution >= 4 is 37.5 Å². The van der Waals surface area contributed by atoms with Crippen molar-refractivity contribution in [3.05, 3.63) is 27.1 Å². The van der Waals surface area contributed by atoms with E-state index in [2.05, 4.69) is 69.2 Å². The van der Waals surface area contributed by atoms with Crippen LogP contribution in [0.15, 0.2) is 27.1 Å². The molecule has 0 amide bonds. The maximum absolute atomic E-state index is 3.68. The second-order valence-electron chi connectivity index (χ2n) is 5.27. The highest BCUT2D eigenvalue weighted by molar-refractivity contribution is 9.11. The number of halogens is 2. The summed E-state index contributed by atoms with van der Waals surface area (Å²) in [6, 6.07) is 6.93. The Hall–Kier alpha value is -0.0200. The molecule has 94 valence electrons. The van der Waals surface area contributed by atoms with E-state index in [9.17, 15) is 0 Å². The second-order valence-corrected chi connectivity index (χ2v) is 7.04. The van der Waals surface area contributed by atoms with Crippen LogP contribution in [0.2, 0.25) is 0 Å². The molecule has 1 nitrogen and oxygen atoms in total. The van der Waals surface area contributed by atoms with Crippen LogP contribution < -0.4 is 5.32 Å². The van der Waals surface area contributed by atoms with Gasteiger partial charge in [-0.25, -0.2) is 0 Å². The number of hydrogen-bond acceptors (Lipinski definition) is 1. The maximum atomic E-state index is 3.68. The first-order valence-corrected chi connectivity index (χ1v) is 7.86. The molecule has 0 saturated heterocycles. The molecule has 2 rings (SSSR count). The van der Waals surface area contributed by atoms with Crippen molar-refractivity contribution in [1.82, 2.24) is 0 Å². The van der Waals surface area contributed by atoms with Crippen LogP contribution in [-0.4, -0.2) is 6.04 Å². The lowest BCUT2D eigenvalue weighted by Crippen LogP contribution is -2.33. The summed E-state index contributed by atoms with van der Waals surface area (Å²) in [4.78, 5) is 0. The van der Waals surface area contributed by atoms with Crippen molar-refractivity contribution in [2.45, 2.75) is 39.2 Å². The number of rotatable bonds is 2. The molecule has 1 aliphatic carbocycles. The summed E-state index contributed by atoms with van der Waals surface area (Å²) in [5.74, 6) is 1.64. The largest absolute Gasteiger partial charge is 0.381 e. The molecular formula is C14H19Br2N. The topological polar surface area (TPSA) is 12.0 Å². The predicted octanol–water partition coefficient (Wildman–Crippen LogP) is 5.45. The van der Waals surface area contributed by atoms with Crippen molar-refractivity contribution in [1.29, 1.82) is 0 Å². The van der Waals surface area contributed by atoms with Gasteiger partial charge in [0.2, 0.25) is 0 Å². The van der Waals surface area contributed by atoms with E-state index in [1.807, 2.05) is 0 Å². The number of benzene rings is 1. The molecule has 1 saturated carbocycles. The Kier molecular flexibility index (Phi) is 4.53. The molecule has 3 heteroatoms. The van der Waals surface area contributed by atoms with Crippen LogP contribution in [0.1, 0.15) is 33.1 Å². The summed E-state index contributed by atoms with van der Waals surface area (Å²) >= 11 is 7.10. The summed E-state index contributed by atoms with van der Waals surface area (Å²) in [7, 11) is 0. The molecule has 17 heavy (non-hydrogen) atoms. The van der Waals surface area contributed by atoms with Crippen LogP contribution in [0.25, 0.3) is 0 Å². The van der Waals surface area contributed by atoms with Crippen molar-refractivity contribution in [2.24, 2.45) is 11.8 Å². The normalized spacial score (nSPS) is 29.1. The monoisotopic (exact) mass is 359 g/mol. The van der Waals surface area contributed by atoms with Gasteiger partial charge < -0.3 is 5.32 Å². The van der Waals surface area contributed by atoms with Crippen LogP contribution in [0.5, 0.6) is 0 Å². The smallest absolute Gasteiger partial charge is 0.0487 e. The van der Waals surface area contributed by atoms with Crippen LogP contribution in [0.4, 0.5) is 5.69 Å². The summed E-state index contributed by atoms with van der Waals surface area (Å²) in [5, 5.41) is 3.68. The van der Waals surface area contributed by atoms with E-state index in [-0.39, 0.29) is 0 Å². The molecule has 3 unspecified atom stereocenters. The van der Waals surface area contributed by atoms with Gasteiger partial charge >= 0.3 is 0 Å². The zero-order valence-electron chi connectivity index (χ0n) is 10.3. The fraction of sp³-hybridized carbons (Fsp3) is 0.571. The zero-order valence-corrected chi connectivity index (χ0v) is 13.5. The van der Waals surface area contributed by atoms with E-state index in [1.54, 1.807) is 0 Å². The van der Waals surface area contributed by atoms with E-state index in [1.165, 1.54) is 24.9 Å². The van der Waals surface area contributed by atoms with Crippen LogP contribution in [0, 0.1) is 11.8 Å². The van der Waals surface area contributed by atoms with Crippen LogP contribution in [0.3, 0.4) is 0 Å². The number of hydrogen-bond donors (Lipinski definition) is 1. The minimum Gasteiger partial charge on any atom is -0.381 e. The molecule has 0 bridgehead atoms. The molecule has 0 radical (unpaired) electrons. The number of nitrogens with one attached hydrogen (secondary N) is 1. The van der Waals surface area contributed by atoms with E-state index < -0.39 is 0 Å². The van der Waals surface area contributed by atoms with Gasteiger partial charge in [0.15, 0.2) is 0 Å². The predicted molar refractivity (Wildman–Crippen MR) is 81.4 cm³/mol. The molecule has 1 aliphatic rings. The molecule has 0 aliphatic heterocycles. The first-order chi connectivity index (χ1) is 8.06.